The highest BCUT2D eigenvalue weighted by Gasteiger charge is 2.42. The van der Waals surface area contributed by atoms with Gasteiger partial charge in [-0.1, -0.05) is 30.3 Å². The fraction of sp³-hybridized carbons (Fsp3) is 0.562. The Morgan fingerprint density at radius 1 is 1.30 bits per heavy atom. The Morgan fingerprint density at radius 2 is 2.10 bits per heavy atom. The van der Waals surface area contributed by atoms with Crippen molar-refractivity contribution in [1.29, 1.82) is 0 Å². The Bertz CT molecular complexity index is 463. The number of rotatable bonds is 3. The van der Waals surface area contributed by atoms with Crippen LogP contribution in [0.15, 0.2) is 30.3 Å². The third-order valence-electron chi connectivity index (χ3n) is 4.42. The van der Waals surface area contributed by atoms with Crippen molar-refractivity contribution in [2.45, 2.75) is 25.9 Å². The molecular weight excluding hydrogens is 252 g/mol. The molecule has 1 aromatic carbocycles. The zero-order valence-electron chi connectivity index (χ0n) is 12.0. The van der Waals surface area contributed by atoms with Gasteiger partial charge in [0, 0.05) is 25.7 Å². The zero-order valence-corrected chi connectivity index (χ0v) is 12.0. The van der Waals surface area contributed by atoms with Crippen LogP contribution in [0.1, 0.15) is 18.9 Å². The van der Waals surface area contributed by atoms with Crippen LogP contribution in [0.25, 0.3) is 0 Å². The van der Waals surface area contributed by atoms with Gasteiger partial charge >= 0.3 is 6.09 Å². The number of fused-ring (bicyclic) bond motifs is 1. The average molecular weight is 274 g/mol. The van der Waals surface area contributed by atoms with Crippen LogP contribution in [0.3, 0.4) is 0 Å². The second-order valence-corrected chi connectivity index (χ2v) is 5.68. The molecule has 0 aliphatic carbocycles. The summed E-state index contributed by atoms with van der Waals surface area (Å²) in [5, 5.41) is 0. The molecule has 0 N–H and O–H groups in total. The quantitative estimate of drug-likeness (QED) is 0.848. The standard InChI is InChI=1S/C16H22N2O2/c1-2-20-16(19)18-11-14-8-9-17(15(14)12-18)10-13-6-4-3-5-7-13/h3-7,14-15H,2,8-12H2,1H3/t14-,15-/m1/s1. The number of ether oxygens (including phenoxy) is 1. The summed E-state index contributed by atoms with van der Waals surface area (Å²) >= 11 is 0. The summed E-state index contributed by atoms with van der Waals surface area (Å²) in [6, 6.07) is 11.1. The molecule has 2 aliphatic heterocycles. The van der Waals surface area contributed by atoms with Crippen LogP contribution >= 0.6 is 0 Å². The maximum absolute atomic E-state index is 11.8. The first kappa shape index (κ1) is 13.4. The number of likely N-dealkylation sites (tertiary alicyclic amines) is 2. The molecule has 2 saturated heterocycles. The molecule has 0 aromatic heterocycles. The lowest BCUT2D eigenvalue weighted by Crippen LogP contribution is -2.37. The summed E-state index contributed by atoms with van der Waals surface area (Å²) in [6.07, 6.45) is 1.04. The first-order valence-corrected chi connectivity index (χ1v) is 7.47. The van der Waals surface area contributed by atoms with Crippen molar-refractivity contribution >= 4 is 6.09 Å². The fourth-order valence-corrected chi connectivity index (χ4v) is 3.43. The van der Waals surface area contributed by atoms with E-state index in [0.717, 1.165) is 26.2 Å². The van der Waals surface area contributed by atoms with Crippen LogP contribution in [-0.4, -0.2) is 48.2 Å². The van der Waals surface area contributed by atoms with Crippen LogP contribution in [0.4, 0.5) is 4.79 Å². The molecule has 0 radical (unpaired) electrons. The third-order valence-corrected chi connectivity index (χ3v) is 4.42. The summed E-state index contributed by atoms with van der Waals surface area (Å²) in [4.78, 5) is 16.2. The third kappa shape index (κ3) is 2.66. The van der Waals surface area contributed by atoms with Crippen LogP contribution in [0.2, 0.25) is 0 Å². The second kappa shape index (κ2) is 5.83. The van der Waals surface area contributed by atoms with Gasteiger partial charge in [0.25, 0.3) is 0 Å². The van der Waals surface area contributed by atoms with E-state index in [4.69, 9.17) is 4.74 Å². The first-order valence-electron chi connectivity index (χ1n) is 7.47. The minimum atomic E-state index is -0.151. The predicted octanol–water partition coefficient (Wildman–Crippen LogP) is 2.35. The van der Waals surface area contributed by atoms with E-state index in [1.165, 1.54) is 12.0 Å². The van der Waals surface area contributed by atoms with Crippen molar-refractivity contribution in [3.05, 3.63) is 35.9 Å². The van der Waals surface area contributed by atoms with Gasteiger partial charge in [0.15, 0.2) is 0 Å². The van der Waals surface area contributed by atoms with E-state index < -0.39 is 0 Å². The SMILES string of the molecule is CCOC(=O)N1C[C@H]2CCN(Cc3ccccc3)[C@@H]2C1. The van der Waals surface area contributed by atoms with Crippen molar-refractivity contribution in [2.24, 2.45) is 5.92 Å². The number of hydrogen-bond acceptors (Lipinski definition) is 3. The minimum Gasteiger partial charge on any atom is -0.450 e. The molecule has 1 aromatic rings. The molecule has 2 heterocycles. The van der Waals surface area contributed by atoms with Gasteiger partial charge in [0.05, 0.1) is 6.61 Å². The molecular formula is C16H22N2O2. The second-order valence-electron chi connectivity index (χ2n) is 5.68. The Labute approximate surface area is 120 Å². The number of carbonyl (C=O) groups is 1. The first-order chi connectivity index (χ1) is 9.78. The molecule has 2 fully saturated rings. The van der Waals surface area contributed by atoms with E-state index in [1.807, 2.05) is 17.9 Å². The number of amides is 1. The molecule has 3 rings (SSSR count). The Hall–Kier alpha value is -1.55. The highest BCUT2D eigenvalue weighted by atomic mass is 16.6. The van der Waals surface area contributed by atoms with Gasteiger partial charge in [0.1, 0.15) is 0 Å². The number of nitrogens with zero attached hydrogens (tertiary/aromatic N) is 2. The Balaban J connectivity index is 1.61. The highest BCUT2D eigenvalue weighted by Crippen LogP contribution is 2.32. The monoisotopic (exact) mass is 274 g/mol. The maximum Gasteiger partial charge on any atom is 0.409 e. The number of hydrogen-bond donors (Lipinski definition) is 0. The van der Waals surface area contributed by atoms with Gasteiger partial charge < -0.3 is 9.64 Å². The van der Waals surface area contributed by atoms with E-state index in [2.05, 4.69) is 29.2 Å². The molecule has 1 amide bonds. The van der Waals surface area contributed by atoms with Crippen molar-refractivity contribution in [3.8, 4) is 0 Å². The maximum atomic E-state index is 11.8. The fourth-order valence-electron chi connectivity index (χ4n) is 3.43. The lowest BCUT2D eigenvalue weighted by atomic mass is 10.0. The van der Waals surface area contributed by atoms with Crippen molar-refractivity contribution in [1.82, 2.24) is 9.80 Å². The van der Waals surface area contributed by atoms with Crippen LogP contribution in [-0.2, 0) is 11.3 Å². The molecule has 0 saturated carbocycles. The van der Waals surface area contributed by atoms with Crippen LogP contribution in [0, 0.1) is 5.92 Å². The zero-order chi connectivity index (χ0) is 13.9. The molecule has 108 valence electrons. The smallest absolute Gasteiger partial charge is 0.409 e. The lowest BCUT2D eigenvalue weighted by molar-refractivity contribution is 0.110. The summed E-state index contributed by atoms with van der Waals surface area (Å²) in [5.41, 5.74) is 1.35. The van der Waals surface area contributed by atoms with E-state index in [0.29, 0.717) is 18.6 Å². The number of benzene rings is 1. The summed E-state index contributed by atoms with van der Waals surface area (Å²) < 4.78 is 5.11. The molecule has 20 heavy (non-hydrogen) atoms. The van der Waals surface area contributed by atoms with E-state index in [-0.39, 0.29) is 6.09 Å². The van der Waals surface area contributed by atoms with E-state index in [9.17, 15) is 4.79 Å². The van der Waals surface area contributed by atoms with Gasteiger partial charge in [-0.15, -0.1) is 0 Å². The van der Waals surface area contributed by atoms with Crippen molar-refractivity contribution < 1.29 is 9.53 Å². The van der Waals surface area contributed by atoms with Gasteiger partial charge in [-0.3, -0.25) is 4.90 Å². The molecule has 4 nitrogen and oxygen atoms in total. The van der Waals surface area contributed by atoms with Crippen LogP contribution < -0.4 is 0 Å². The van der Waals surface area contributed by atoms with E-state index in [1.54, 1.807) is 0 Å². The molecule has 2 atom stereocenters. The predicted molar refractivity (Wildman–Crippen MR) is 77.3 cm³/mol. The molecule has 4 heteroatoms. The lowest BCUT2D eigenvalue weighted by Gasteiger charge is -2.24. The minimum absolute atomic E-state index is 0.151. The topological polar surface area (TPSA) is 32.8 Å². The average Bonchev–Trinajstić information content (AvgIpc) is 3.02. The molecule has 2 aliphatic rings. The normalized spacial score (nSPS) is 25.8. The van der Waals surface area contributed by atoms with E-state index >= 15 is 0 Å². The highest BCUT2D eigenvalue weighted by molar-refractivity contribution is 5.68. The summed E-state index contributed by atoms with van der Waals surface area (Å²) in [6.45, 7) is 6.11. The van der Waals surface area contributed by atoms with Crippen molar-refractivity contribution in [3.63, 3.8) is 0 Å². The van der Waals surface area contributed by atoms with Gasteiger partial charge in [-0.2, -0.15) is 0 Å². The summed E-state index contributed by atoms with van der Waals surface area (Å²) in [5.74, 6) is 0.614. The van der Waals surface area contributed by atoms with Crippen LogP contribution in [0.5, 0.6) is 0 Å². The Morgan fingerprint density at radius 3 is 2.85 bits per heavy atom. The van der Waals surface area contributed by atoms with Crippen molar-refractivity contribution in [2.75, 3.05) is 26.2 Å². The number of carbonyl (C=O) groups excluding carboxylic acids is 1. The molecule has 0 unspecified atom stereocenters. The summed E-state index contributed by atoms with van der Waals surface area (Å²) in [7, 11) is 0. The molecule has 0 spiro atoms. The van der Waals surface area contributed by atoms with Gasteiger partial charge in [0.2, 0.25) is 0 Å². The van der Waals surface area contributed by atoms with Gasteiger partial charge in [-0.25, -0.2) is 4.79 Å². The molecule has 0 bridgehead atoms. The van der Waals surface area contributed by atoms with Gasteiger partial charge in [-0.05, 0) is 31.4 Å². The Kier molecular flexibility index (Phi) is 3.92. The largest absolute Gasteiger partial charge is 0.450 e.